The van der Waals surface area contributed by atoms with Crippen LogP contribution in [0.3, 0.4) is 0 Å². The predicted octanol–water partition coefficient (Wildman–Crippen LogP) is 2.49. The molecule has 2 heterocycles. The fraction of sp³-hybridized carbons (Fsp3) is 0.0556. The van der Waals surface area contributed by atoms with Gasteiger partial charge in [0.15, 0.2) is 0 Å². The van der Waals surface area contributed by atoms with Gasteiger partial charge in [0.1, 0.15) is 6.07 Å². The van der Waals surface area contributed by atoms with Gasteiger partial charge in [-0.25, -0.2) is 13.1 Å². The Bertz CT molecular complexity index is 1030. The Labute approximate surface area is 145 Å². The van der Waals surface area contributed by atoms with E-state index in [1.54, 1.807) is 36.8 Å². The lowest BCUT2D eigenvalue weighted by atomic mass is 10.1. The molecule has 25 heavy (non-hydrogen) atoms. The summed E-state index contributed by atoms with van der Waals surface area (Å²) in [6.07, 6.45) is 4.97. The van der Waals surface area contributed by atoms with Crippen LogP contribution in [0.4, 0.5) is 0 Å². The molecule has 2 aromatic heterocycles. The summed E-state index contributed by atoms with van der Waals surface area (Å²) in [6.45, 7) is 0.0999. The van der Waals surface area contributed by atoms with Gasteiger partial charge in [-0.1, -0.05) is 12.1 Å². The molecule has 0 aliphatic rings. The van der Waals surface area contributed by atoms with Gasteiger partial charge >= 0.3 is 0 Å². The first-order valence-electron chi connectivity index (χ1n) is 7.44. The number of aromatic nitrogens is 2. The summed E-state index contributed by atoms with van der Waals surface area (Å²) in [7, 11) is -3.78. The lowest BCUT2D eigenvalue weighted by molar-refractivity contribution is 0.581. The lowest BCUT2D eigenvalue weighted by Crippen LogP contribution is -2.24. The SMILES string of the molecule is N#Cc1ccccc1S(=O)(=O)NCc1ccnc(-c2ccncc2)c1. The third kappa shape index (κ3) is 3.88. The Morgan fingerprint density at radius 1 is 1.04 bits per heavy atom. The Hall–Kier alpha value is -3.08. The van der Waals surface area contributed by atoms with Gasteiger partial charge < -0.3 is 0 Å². The van der Waals surface area contributed by atoms with Crippen LogP contribution >= 0.6 is 0 Å². The summed E-state index contributed by atoms with van der Waals surface area (Å²) in [5, 5.41) is 9.07. The van der Waals surface area contributed by atoms with Crippen LogP contribution in [0.15, 0.2) is 72.0 Å². The van der Waals surface area contributed by atoms with Crippen molar-refractivity contribution in [2.45, 2.75) is 11.4 Å². The van der Waals surface area contributed by atoms with Crippen molar-refractivity contribution in [3.63, 3.8) is 0 Å². The highest BCUT2D eigenvalue weighted by Crippen LogP contribution is 2.18. The van der Waals surface area contributed by atoms with Gasteiger partial charge in [-0.05, 0) is 42.0 Å². The maximum absolute atomic E-state index is 12.5. The van der Waals surface area contributed by atoms with Crippen LogP contribution in [0, 0.1) is 11.3 Å². The van der Waals surface area contributed by atoms with Gasteiger partial charge in [0, 0.05) is 30.7 Å². The van der Waals surface area contributed by atoms with Crippen molar-refractivity contribution in [1.82, 2.24) is 14.7 Å². The van der Waals surface area contributed by atoms with Crippen molar-refractivity contribution in [3.05, 3.63) is 78.2 Å². The average Bonchev–Trinajstić information content (AvgIpc) is 2.67. The molecule has 0 atom stereocenters. The van der Waals surface area contributed by atoms with Crippen molar-refractivity contribution in [2.24, 2.45) is 0 Å². The molecule has 3 rings (SSSR count). The van der Waals surface area contributed by atoms with Crippen LogP contribution in [0.5, 0.6) is 0 Å². The summed E-state index contributed by atoms with van der Waals surface area (Å²) in [6, 6.07) is 15.2. The molecule has 3 aromatic rings. The molecule has 0 unspecified atom stereocenters. The highest BCUT2D eigenvalue weighted by atomic mass is 32.2. The third-order valence-electron chi connectivity index (χ3n) is 3.56. The van der Waals surface area contributed by atoms with Crippen LogP contribution in [0.25, 0.3) is 11.3 Å². The fourth-order valence-electron chi connectivity index (χ4n) is 2.31. The topological polar surface area (TPSA) is 95.7 Å². The van der Waals surface area contributed by atoms with Gasteiger partial charge in [0.2, 0.25) is 10.0 Å². The molecule has 0 aliphatic heterocycles. The minimum atomic E-state index is -3.78. The second-order valence-corrected chi connectivity index (χ2v) is 6.95. The van der Waals surface area contributed by atoms with E-state index in [0.29, 0.717) is 0 Å². The van der Waals surface area contributed by atoms with Crippen LogP contribution < -0.4 is 4.72 Å². The largest absolute Gasteiger partial charge is 0.265 e. The van der Waals surface area contributed by atoms with E-state index < -0.39 is 10.0 Å². The number of nitriles is 1. The predicted molar refractivity (Wildman–Crippen MR) is 92.7 cm³/mol. The van der Waals surface area contributed by atoms with E-state index in [0.717, 1.165) is 16.8 Å². The molecule has 1 N–H and O–H groups in total. The zero-order chi connectivity index (χ0) is 17.7. The second-order valence-electron chi connectivity index (χ2n) is 5.22. The number of sulfonamides is 1. The van der Waals surface area contributed by atoms with Crippen LogP contribution in [0.2, 0.25) is 0 Å². The first kappa shape index (κ1) is 16.8. The normalized spacial score (nSPS) is 11.0. The molecule has 0 amide bonds. The standard InChI is InChI=1S/C18H14N4O2S/c19-12-16-3-1-2-4-18(16)25(23,24)22-13-14-5-10-21-17(11-14)15-6-8-20-9-7-15/h1-11,22H,13H2. The molecular weight excluding hydrogens is 336 g/mol. The van der Waals surface area contributed by atoms with E-state index in [4.69, 9.17) is 5.26 Å². The second kappa shape index (κ2) is 7.21. The molecule has 1 aromatic carbocycles. The molecule has 0 saturated carbocycles. The van der Waals surface area contributed by atoms with Crippen molar-refractivity contribution >= 4 is 10.0 Å². The summed E-state index contributed by atoms with van der Waals surface area (Å²) in [5.74, 6) is 0. The number of rotatable bonds is 5. The molecule has 7 heteroatoms. The van der Waals surface area contributed by atoms with Crippen molar-refractivity contribution in [1.29, 1.82) is 5.26 Å². The van der Waals surface area contributed by atoms with Crippen molar-refractivity contribution in [3.8, 4) is 17.3 Å². The Morgan fingerprint density at radius 2 is 1.80 bits per heavy atom. The van der Waals surface area contributed by atoms with Crippen LogP contribution in [0.1, 0.15) is 11.1 Å². The summed E-state index contributed by atoms with van der Waals surface area (Å²) < 4.78 is 27.4. The first-order valence-corrected chi connectivity index (χ1v) is 8.92. The fourth-order valence-corrected chi connectivity index (χ4v) is 3.49. The Kier molecular flexibility index (Phi) is 4.84. The Balaban J connectivity index is 1.81. The molecular formula is C18H14N4O2S. The zero-order valence-electron chi connectivity index (χ0n) is 13.1. The Morgan fingerprint density at radius 3 is 2.56 bits per heavy atom. The first-order chi connectivity index (χ1) is 12.1. The van der Waals surface area contributed by atoms with Crippen LogP contribution in [-0.4, -0.2) is 18.4 Å². The minimum absolute atomic E-state index is 0.0269. The lowest BCUT2D eigenvalue weighted by Gasteiger charge is -2.09. The molecule has 0 bridgehead atoms. The maximum atomic E-state index is 12.5. The highest BCUT2D eigenvalue weighted by molar-refractivity contribution is 7.89. The van der Waals surface area contributed by atoms with Gasteiger partial charge in [-0.3, -0.25) is 9.97 Å². The van der Waals surface area contributed by atoms with E-state index >= 15 is 0 Å². The molecule has 0 aliphatic carbocycles. The summed E-state index contributed by atoms with van der Waals surface area (Å²) in [4.78, 5) is 8.23. The number of pyridine rings is 2. The molecule has 6 nitrogen and oxygen atoms in total. The van der Waals surface area contributed by atoms with Crippen molar-refractivity contribution < 1.29 is 8.42 Å². The zero-order valence-corrected chi connectivity index (χ0v) is 13.9. The molecule has 0 radical (unpaired) electrons. The summed E-state index contributed by atoms with van der Waals surface area (Å²) in [5.41, 5.74) is 2.51. The quantitative estimate of drug-likeness (QED) is 0.763. The van der Waals surface area contributed by atoms with Gasteiger partial charge in [-0.2, -0.15) is 5.26 Å². The number of hydrogen-bond acceptors (Lipinski definition) is 5. The molecule has 0 saturated heterocycles. The van der Waals surface area contributed by atoms with E-state index in [2.05, 4.69) is 14.7 Å². The highest BCUT2D eigenvalue weighted by Gasteiger charge is 2.17. The monoisotopic (exact) mass is 350 g/mol. The van der Waals surface area contributed by atoms with E-state index in [1.807, 2.05) is 24.3 Å². The van der Waals surface area contributed by atoms with Crippen molar-refractivity contribution in [2.75, 3.05) is 0 Å². The number of nitrogens with one attached hydrogen (secondary N) is 1. The minimum Gasteiger partial charge on any atom is -0.265 e. The average molecular weight is 350 g/mol. The molecule has 124 valence electrons. The van der Waals surface area contributed by atoms with E-state index in [-0.39, 0.29) is 17.0 Å². The van der Waals surface area contributed by atoms with E-state index in [9.17, 15) is 8.42 Å². The number of nitrogens with zero attached hydrogens (tertiary/aromatic N) is 3. The smallest absolute Gasteiger partial charge is 0.242 e. The van der Waals surface area contributed by atoms with Gasteiger partial charge in [0.25, 0.3) is 0 Å². The van der Waals surface area contributed by atoms with Gasteiger partial charge in [0.05, 0.1) is 16.2 Å². The number of benzene rings is 1. The van der Waals surface area contributed by atoms with E-state index in [1.165, 1.54) is 12.1 Å². The van der Waals surface area contributed by atoms with Gasteiger partial charge in [-0.15, -0.1) is 0 Å². The molecule has 0 spiro atoms. The number of hydrogen-bond donors (Lipinski definition) is 1. The maximum Gasteiger partial charge on any atom is 0.242 e. The summed E-state index contributed by atoms with van der Waals surface area (Å²) >= 11 is 0. The third-order valence-corrected chi connectivity index (χ3v) is 5.02. The molecule has 0 fully saturated rings. The van der Waals surface area contributed by atoms with Crippen LogP contribution in [-0.2, 0) is 16.6 Å².